The number of ether oxygens (including phenoxy) is 1. The van der Waals surface area contributed by atoms with Crippen molar-refractivity contribution in [3.63, 3.8) is 0 Å². The zero-order valence-corrected chi connectivity index (χ0v) is 13.7. The first kappa shape index (κ1) is 16.6. The van der Waals surface area contributed by atoms with Crippen molar-refractivity contribution in [3.05, 3.63) is 83.9 Å². The lowest BCUT2D eigenvalue weighted by Gasteiger charge is -2.12. The maximum absolute atomic E-state index is 12.3. The van der Waals surface area contributed by atoms with Gasteiger partial charge in [0.25, 0.3) is 0 Å². The van der Waals surface area contributed by atoms with Crippen molar-refractivity contribution >= 4 is 11.8 Å². The van der Waals surface area contributed by atoms with Crippen LogP contribution in [0, 0.1) is 0 Å². The van der Waals surface area contributed by atoms with Gasteiger partial charge in [0.2, 0.25) is 5.78 Å². The van der Waals surface area contributed by atoms with Gasteiger partial charge in [0.1, 0.15) is 12.7 Å². The van der Waals surface area contributed by atoms with Crippen LogP contribution in [0.2, 0.25) is 0 Å². The minimum absolute atomic E-state index is 0.225. The quantitative estimate of drug-likeness (QED) is 0.511. The Morgan fingerprint density at radius 3 is 2.40 bits per heavy atom. The topological polar surface area (TPSA) is 74.1 Å². The first-order valence-electron chi connectivity index (χ1n) is 7.85. The fourth-order valence-electron chi connectivity index (χ4n) is 2.37. The van der Waals surface area contributed by atoms with Gasteiger partial charge in [-0.2, -0.15) is 5.10 Å². The molecule has 6 heteroatoms. The highest BCUT2D eigenvalue weighted by molar-refractivity contribution is 6.01. The summed E-state index contributed by atoms with van der Waals surface area (Å²) in [6.45, 7) is 2.14. The van der Waals surface area contributed by atoms with Gasteiger partial charge in [-0.3, -0.25) is 4.79 Å². The molecular weight excluding hydrogens is 318 g/mol. The van der Waals surface area contributed by atoms with Gasteiger partial charge in [0.05, 0.1) is 12.1 Å². The molecule has 1 heterocycles. The third-order valence-electron chi connectivity index (χ3n) is 3.71. The van der Waals surface area contributed by atoms with Crippen LogP contribution >= 0.6 is 0 Å². The minimum atomic E-state index is -0.843. The highest BCUT2D eigenvalue weighted by Crippen LogP contribution is 2.11. The van der Waals surface area contributed by atoms with E-state index in [4.69, 9.17) is 4.74 Å². The summed E-state index contributed by atoms with van der Waals surface area (Å²) in [5.41, 5.74) is 1.90. The van der Waals surface area contributed by atoms with Crippen LogP contribution < -0.4 is 0 Å². The second-order valence-electron chi connectivity index (χ2n) is 5.57. The number of aromatic nitrogens is 3. The fraction of sp³-hybridized carbons (Fsp3) is 0.158. The van der Waals surface area contributed by atoms with Crippen LogP contribution in [0.4, 0.5) is 0 Å². The molecule has 0 radical (unpaired) electrons. The first-order valence-corrected chi connectivity index (χ1v) is 7.85. The molecule has 0 fully saturated rings. The first-order chi connectivity index (χ1) is 12.1. The molecule has 25 heavy (non-hydrogen) atoms. The summed E-state index contributed by atoms with van der Waals surface area (Å²) in [6, 6.07) is 15.8. The van der Waals surface area contributed by atoms with Crippen LogP contribution in [0.25, 0.3) is 0 Å². The molecule has 1 atom stereocenters. The average molecular weight is 335 g/mol. The Kier molecular flexibility index (Phi) is 4.99. The number of hydrogen-bond acceptors (Lipinski definition) is 5. The van der Waals surface area contributed by atoms with Crippen LogP contribution in [0.1, 0.15) is 33.2 Å². The molecule has 2 aromatic carbocycles. The van der Waals surface area contributed by atoms with Crippen molar-refractivity contribution in [2.75, 3.05) is 0 Å². The zero-order valence-electron chi connectivity index (χ0n) is 13.7. The van der Waals surface area contributed by atoms with Gasteiger partial charge in [-0.15, -0.1) is 0 Å². The number of esters is 1. The molecule has 0 N–H and O–H groups in total. The molecule has 1 aromatic heterocycles. The van der Waals surface area contributed by atoms with Crippen LogP contribution in [0.3, 0.4) is 0 Å². The lowest BCUT2D eigenvalue weighted by Crippen LogP contribution is -2.24. The van der Waals surface area contributed by atoms with E-state index in [-0.39, 0.29) is 5.78 Å². The molecule has 0 aliphatic carbocycles. The molecular formula is C19H17N3O3. The molecule has 1 unspecified atom stereocenters. The third kappa shape index (κ3) is 4.17. The molecule has 6 nitrogen and oxygen atoms in total. The maximum Gasteiger partial charge on any atom is 0.338 e. The van der Waals surface area contributed by atoms with Crippen molar-refractivity contribution < 1.29 is 14.3 Å². The predicted octanol–water partition coefficient (Wildman–Crippen LogP) is 2.75. The fourth-order valence-corrected chi connectivity index (χ4v) is 2.37. The Hall–Kier alpha value is -3.28. The minimum Gasteiger partial charge on any atom is -0.451 e. The normalized spacial score (nSPS) is 11.7. The Morgan fingerprint density at radius 1 is 1.04 bits per heavy atom. The molecule has 0 aliphatic heterocycles. The van der Waals surface area contributed by atoms with Crippen molar-refractivity contribution in [3.8, 4) is 0 Å². The van der Waals surface area contributed by atoms with Gasteiger partial charge in [0.15, 0.2) is 6.10 Å². The van der Waals surface area contributed by atoms with Crippen LogP contribution in [0.5, 0.6) is 0 Å². The van der Waals surface area contributed by atoms with E-state index in [2.05, 4.69) is 10.1 Å². The monoisotopic (exact) mass is 335 g/mol. The number of hydrogen-bond donors (Lipinski definition) is 0. The SMILES string of the molecule is CC(OC(=O)c1ccc(Cn2cncn2)cc1)C(=O)c1ccccc1. The number of benzene rings is 2. The highest BCUT2D eigenvalue weighted by atomic mass is 16.5. The molecule has 0 saturated carbocycles. The van der Waals surface area contributed by atoms with E-state index in [9.17, 15) is 9.59 Å². The van der Waals surface area contributed by atoms with Crippen molar-refractivity contribution in [2.24, 2.45) is 0 Å². The van der Waals surface area contributed by atoms with Crippen molar-refractivity contribution in [2.45, 2.75) is 19.6 Å². The van der Waals surface area contributed by atoms with Gasteiger partial charge < -0.3 is 4.74 Å². The van der Waals surface area contributed by atoms with E-state index in [1.165, 1.54) is 6.33 Å². The molecule has 126 valence electrons. The van der Waals surface area contributed by atoms with E-state index >= 15 is 0 Å². The summed E-state index contributed by atoms with van der Waals surface area (Å²) in [5, 5.41) is 4.03. The van der Waals surface area contributed by atoms with Crippen molar-refractivity contribution in [1.82, 2.24) is 14.8 Å². The summed E-state index contributed by atoms with van der Waals surface area (Å²) < 4.78 is 6.97. The standard InChI is InChI=1S/C19H17N3O3/c1-14(18(23)16-5-3-2-4-6-16)25-19(24)17-9-7-15(8-10-17)11-22-13-20-12-21-22/h2-10,12-14H,11H2,1H3. The van der Waals surface area contributed by atoms with Gasteiger partial charge in [-0.05, 0) is 24.6 Å². The Labute approximate surface area is 145 Å². The number of ketones is 1. The molecule has 0 saturated heterocycles. The number of carbonyl (C=O) groups is 2. The van der Waals surface area contributed by atoms with E-state index in [1.807, 2.05) is 18.2 Å². The van der Waals surface area contributed by atoms with Crippen LogP contribution in [-0.2, 0) is 11.3 Å². The van der Waals surface area contributed by atoms with Crippen LogP contribution in [0.15, 0.2) is 67.3 Å². The zero-order chi connectivity index (χ0) is 17.6. The largest absolute Gasteiger partial charge is 0.451 e. The summed E-state index contributed by atoms with van der Waals surface area (Å²) in [5.74, 6) is -0.749. The Morgan fingerprint density at radius 2 is 1.76 bits per heavy atom. The van der Waals surface area contributed by atoms with Gasteiger partial charge in [0, 0.05) is 5.56 Å². The van der Waals surface area contributed by atoms with Gasteiger partial charge >= 0.3 is 5.97 Å². The number of carbonyl (C=O) groups excluding carboxylic acids is 2. The van der Waals surface area contributed by atoms with Gasteiger partial charge in [-0.1, -0.05) is 42.5 Å². The predicted molar refractivity (Wildman–Crippen MR) is 91.2 cm³/mol. The van der Waals surface area contributed by atoms with Crippen molar-refractivity contribution in [1.29, 1.82) is 0 Å². The lowest BCUT2D eigenvalue weighted by atomic mass is 10.1. The van der Waals surface area contributed by atoms with E-state index in [1.54, 1.807) is 54.3 Å². The van der Waals surface area contributed by atoms with Crippen LogP contribution in [-0.4, -0.2) is 32.6 Å². The number of rotatable bonds is 6. The Bertz CT molecular complexity index is 843. The molecule has 3 aromatic rings. The third-order valence-corrected chi connectivity index (χ3v) is 3.71. The molecule has 0 spiro atoms. The van der Waals surface area contributed by atoms with E-state index in [0.29, 0.717) is 17.7 Å². The smallest absolute Gasteiger partial charge is 0.338 e. The summed E-state index contributed by atoms with van der Waals surface area (Å²) in [6.07, 6.45) is 2.25. The lowest BCUT2D eigenvalue weighted by molar-refractivity contribution is 0.0319. The molecule has 0 bridgehead atoms. The maximum atomic E-state index is 12.3. The summed E-state index contributed by atoms with van der Waals surface area (Å²) in [4.78, 5) is 28.4. The average Bonchev–Trinajstić information content (AvgIpc) is 3.15. The van der Waals surface area contributed by atoms with E-state index < -0.39 is 12.1 Å². The Balaban J connectivity index is 1.62. The number of nitrogens with zero attached hydrogens (tertiary/aromatic N) is 3. The number of Topliss-reactive ketones (excluding diaryl/α,β-unsaturated/α-hetero) is 1. The van der Waals surface area contributed by atoms with E-state index in [0.717, 1.165) is 5.56 Å². The second kappa shape index (κ2) is 7.53. The molecule has 3 rings (SSSR count). The van der Waals surface area contributed by atoms with Gasteiger partial charge in [-0.25, -0.2) is 14.5 Å². The summed E-state index contributed by atoms with van der Waals surface area (Å²) in [7, 11) is 0. The molecule has 0 aliphatic rings. The second-order valence-corrected chi connectivity index (χ2v) is 5.57. The molecule has 0 amide bonds. The highest BCUT2D eigenvalue weighted by Gasteiger charge is 2.20. The summed E-state index contributed by atoms with van der Waals surface area (Å²) >= 11 is 0.